The van der Waals surface area contributed by atoms with E-state index in [1.807, 2.05) is 24.3 Å². The molecular weight excluding hydrogens is 146 g/mol. The Morgan fingerprint density at radius 2 is 1.67 bits per heavy atom. The fourth-order valence-electron chi connectivity index (χ4n) is 1.28. The van der Waals surface area contributed by atoms with E-state index in [1.54, 1.807) is 0 Å². The van der Waals surface area contributed by atoms with Gasteiger partial charge in [-0.05, 0) is 29.6 Å². The average Bonchev–Trinajstić information content (AvgIpc) is 2.17. The van der Waals surface area contributed by atoms with Crippen LogP contribution in [0.5, 0.6) is 0 Å². The fourth-order valence-corrected chi connectivity index (χ4v) is 1.28. The second kappa shape index (κ2) is 2.78. The number of hydrogen-bond acceptors (Lipinski definition) is 1. The zero-order chi connectivity index (χ0) is 8.39. The summed E-state index contributed by atoms with van der Waals surface area (Å²) in [6, 6.07) is 14.3. The minimum Gasteiger partial charge on any atom is -0.265 e. The van der Waals surface area contributed by atoms with Gasteiger partial charge in [0.1, 0.15) is 0 Å². The Hall–Kier alpha value is -1.63. The molecule has 0 aliphatic carbocycles. The lowest BCUT2D eigenvalue weighted by Crippen LogP contribution is -1.69. The molecule has 2 aromatic carbocycles. The monoisotopic (exact) mass is 155 g/mol. The van der Waals surface area contributed by atoms with Gasteiger partial charge in [0.15, 0.2) is 0 Å². The van der Waals surface area contributed by atoms with Gasteiger partial charge in [-0.2, -0.15) is 0 Å². The Labute approximate surface area is 71.4 Å². The van der Waals surface area contributed by atoms with Crippen molar-refractivity contribution in [2.45, 2.75) is 0 Å². The molecule has 0 atom stereocenters. The molecule has 0 aliphatic rings. The van der Waals surface area contributed by atoms with Crippen molar-refractivity contribution in [2.24, 2.45) is 4.99 Å². The van der Waals surface area contributed by atoms with Crippen molar-refractivity contribution in [3.8, 4) is 0 Å². The standard InChI is InChI=1S/C11H9N/c1-12-11-7-6-9-4-2-3-5-10(9)8-11/h2-8H,1H2. The summed E-state index contributed by atoms with van der Waals surface area (Å²) < 4.78 is 0. The topological polar surface area (TPSA) is 12.4 Å². The van der Waals surface area contributed by atoms with Crippen LogP contribution in [-0.4, -0.2) is 6.72 Å². The normalized spacial score (nSPS) is 10.0. The minimum atomic E-state index is 0.925. The third kappa shape index (κ3) is 1.10. The first kappa shape index (κ1) is 7.04. The molecule has 0 radical (unpaired) electrons. The van der Waals surface area contributed by atoms with Crippen LogP contribution in [0.4, 0.5) is 5.69 Å². The van der Waals surface area contributed by atoms with E-state index in [0.29, 0.717) is 0 Å². The van der Waals surface area contributed by atoms with Gasteiger partial charge in [0.25, 0.3) is 0 Å². The van der Waals surface area contributed by atoms with Gasteiger partial charge < -0.3 is 0 Å². The van der Waals surface area contributed by atoms with Gasteiger partial charge >= 0.3 is 0 Å². The highest BCUT2D eigenvalue weighted by Crippen LogP contribution is 2.19. The molecule has 1 heteroatoms. The number of nitrogens with zero attached hydrogens (tertiary/aromatic N) is 1. The molecule has 0 saturated heterocycles. The van der Waals surface area contributed by atoms with Crippen molar-refractivity contribution in [2.75, 3.05) is 0 Å². The van der Waals surface area contributed by atoms with Crippen molar-refractivity contribution in [1.29, 1.82) is 0 Å². The van der Waals surface area contributed by atoms with Gasteiger partial charge in [-0.1, -0.05) is 30.3 Å². The number of benzene rings is 2. The first-order chi connectivity index (χ1) is 5.90. The molecule has 0 N–H and O–H groups in total. The second-order valence-corrected chi connectivity index (χ2v) is 2.69. The molecule has 0 heterocycles. The predicted octanol–water partition coefficient (Wildman–Crippen LogP) is 3.17. The molecule has 0 unspecified atom stereocenters. The Bertz CT molecular complexity index is 418. The highest BCUT2D eigenvalue weighted by Gasteiger charge is 1.91. The van der Waals surface area contributed by atoms with E-state index in [9.17, 15) is 0 Å². The fraction of sp³-hybridized carbons (Fsp3) is 0. The molecule has 0 saturated carbocycles. The van der Waals surface area contributed by atoms with E-state index in [1.165, 1.54) is 10.8 Å². The van der Waals surface area contributed by atoms with Gasteiger partial charge in [0, 0.05) is 0 Å². The number of hydrogen-bond donors (Lipinski definition) is 0. The maximum atomic E-state index is 3.87. The maximum Gasteiger partial charge on any atom is 0.0628 e. The highest BCUT2D eigenvalue weighted by atomic mass is 14.7. The SMILES string of the molecule is C=Nc1ccc2ccccc2c1. The van der Waals surface area contributed by atoms with Crippen LogP contribution < -0.4 is 0 Å². The summed E-state index contributed by atoms with van der Waals surface area (Å²) in [6.07, 6.45) is 0. The maximum absolute atomic E-state index is 3.87. The zero-order valence-corrected chi connectivity index (χ0v) is 6.70. The highest BCUT2D eigenvalue weighted by molar-refractivity contribution is 5.85. The number of fused-ring (bicyclic) bond motifs is 1. The first-order valence-electron chi connectivity index (χ1n) is 3.86. The third-order valence-electron chi connectivity index (χ3n) is 1.92. The summed E-state index contributed by atoms with van der Waals surface area (Å²) >= 11 is 0. The molecule has 0 spiro atoms. The minimum absolute atomic E-state index is 0.925. The van der Waals surface area contributed by atoms with Crippen molar-refractivity contribution >= 4 is 23.2 Å². The summed E-state index contributed by atoms with van der Waals surface area (Å²) in [7, 11) is 0. The molecule has 2 aromatic rings. The Balaban J connectivity index is 2.75. The lowest BCUT2D eigenvalue weighted by molar-refractivity contribution is 1.58. The molecular formula is C11H9N. The van der Waals surface area contributed by atoms with Crippen molar-refractivity contribution in [3.63, 3.8) is 0 Å². The van der Waals surface area contributed by atoms with Crippen LogP contribution in [-0.2, 0) is 0 Å². The van der Waals surface area contributed by atoms with Crippen molar-refractivity contribution in [1.82, 2.24) is 0 Å². The first-order valence-corrected chi connectivity index (χ1v) is 3.86. The van der Waals surface area contributed by atoms with Gasteiger partial charge in [-0.25, -0.2) is 0 Å². The molecule has 58 valence electrons. The summed E-state index contributed by atoms with van der Waals surface area (Å²) in [5.74, 6) is 0. The van der Waals surface area contributed by atoms with Gasteiger partial charge in [-0.3, -0.25) is 4.99 Å². The summed E-state index contributed by atoms with van der Waals surface area (Å²) in [6.45, 7) is 3.49. The molecule has 12 heavy (non-hydrogen) atoms. The number of aliphatic imine (C=N–C) groups is 1. The van der Waals surface area contributed by atoms with E-state index < -0.39 is 0 Å². The van der Waals surface area contributed by atoms with Crippen LogP contribution in [0.1, 0.15) is 0 Å². The van der Waals surface area contributed by atoms with E-state index in [2.05, 4.69) is 29.9 Å². The van der Waals surface area contributed by atoms with Crippen LogP contribution in [0.3, 0.4) is 0 Å². The van der Waals surface area contributed by atoms with E-state index in [-0.39, 0.29) is 0 Å². The van der Waals surface area contributed by atoms with Crippen LogP contribution in [0.15, 0.2) is 47.5 Å². The number of rotatable bonds is 1. The Morgan fingerprint density at radius 3 is 2.42 bits per heavy atom. The van der Waals surface area contributed by atoms with Crippen LogP contribution >= 0.6 is 0 Å². The van der Waals surface area contributed by atoms with E-state index >= 15 is 0 Å². The van der Waals surface area contributed by atoms with Crippen LogP contribution in [0, 0.1) is 0 Å². The molecule has 0 aliphatic heterocycles. The van der Waals surface area contributed by atoms with Gasteiger partial charge in [0.2, 0.25) is 0 Å². The summed E-state index contributed by atoms with van der Waals surface area (Å²) in [5, 5.41) is 2.45. The lowest BCUT2D eigenvalue weighted by atomic mass is 10.1. The smallest absolute Gasteiger partial charge is 0.0628 e. The van der Waals surface area contributed by atoms with Crippen LogP contribution in [0.25, 0.3) is 10.8 Å². The quantitative estimate of drug-likeness (QED) is 0.561. The third-order valence-corrected chi connectivity index (χ3v) is 1.92. The average molecular weight is 155 g/mol. The zero-order valence-electron chi connectivity index (χ0n) is 6.70. The van der Waals surface area contributed by atoms with Gasteiger partial charge in [0.05, 0.1) is 5.69 Å². The molecule has 0 fully saturated rings. The largest absolute Gasteiger partial charge is 0.265 e. The predicted molar refractivity (Wildman–Crippen MR) is 53.2 cm³/mol. The van der Waals surface area contributed by atoms with Crippen molar-refractivity contribution in [3.05, 3.63) is 42.5 Å². The second-order valence-electron chi connectivity index (χ2n) is 2.69. The van der Waals surface area contributed by atoms with Crippen molar-refractivity contribution < 1.29 is 0 Å². The Kier molecular flexibility index (Phi) is 1.63. The molecule has 1 nitrogen and oxygen atoms in total. The molecule has 0 bridgehead atoms. The van der Waals surface area contributed by atoms with E-state index in [0.717, 1.165) is 5.69 Å². The molecule has 0 aromatic heterocycles. The van der Waals surface area contributed by atoms with Gasteiger partial charge in [-0.15, -0.1) is 0 Å². The Morgan fingerprint density at radius 1 is 0.917 bits per heavy atom. The summed E-state index contributed by atoms with van der Waals surface area (Å²) in [5.41, 5.74) is 0.925. The lowest BCUT2D eigenvalue weighted by Gasteiger charge is -1.97. The molecule has 0 amide bonds. The summed E-state index contributed by atoms with van der Waals surface area (Å²) in [4.78, 5) is 3.87. The molecule has 2 rings (SSSR count). The van der Waals surface area contributed by atoms with Crippen LogP contribution in [0.2, 0.25) is 0 Å². The van der Waals surface area contributed by atoms with E-state index in [4.69, 9.17) is 0 Å².